The Labute approximate surface area is 416 Å². The van der Waals surface area contributed by atoms with Crippen molar-refractivity contribution in [2.45, 2.75) is 283 Å². The Morgan fingerprint density at radius 3 is 0.970 bits per heavy atom. The van der Waals surface area contributed by atoms with Gasteiger partial charge in [0.05, 0.1) is 6.61 Å². The van der Waals surface area contributed by atoms with Crippen molar-refractivity contribution >= 4 is 11.9 Å². The first-order valence-electron chi connectivity index (χ1n) is 28.6. The van der Waals surface area contributed by atoms with E-state index in [9.17, 15) is 14.7 Å². The Bertz CT molecular complexity index is 1240. The molecule has 1 unspecified atom stereocenters. The van der Waals surface area contributed by atoms with Gasteiger partial charge in [0.25, 0.3) is 0 Å². The van der Waals surface area contributed by atoms with E-state index in [-0.39, 0.29) is 25.2 Å². The highest BCUT2D eigenvalue weighted by molar-refractivity contribution is 5.70. The lowest BCUT2D eigenvalue weighted by atomic mass is 10.0. The first-order valence-corrected chi connectivity index (χ1v) is 28.6. The zero-order valence-corrected chi connectivity index (χ0v) is 44.1. The minimum Gasteiger partial charge on any atom is -0.462 e. The van der Waals surface area contributed by atoms with Gasteiger partial charge in [0.2, 0.25) is 0 Å². The standard InChI is InChI=1S/C62H108O5/c1-3-5-7-9-11-13-15-17-19-21-23-25-27-28-29-30-31-32-33-34-35-37-39-41-43-45-47-49-51-53-55-57-62(65)67-60(58-63)59-66-61(64)56-54-52-50-48-46-44-42-40-38-36-26-24-22-20-18-16-14-12-10-8-6-4-2/h5,7,11,13,17,19,23,25,28-29,31-32,34-35,60,63H,3-4,6,8-10,12,14-16,18,20-22,24,26-27,30,33,36-59H2,1-2H3/b7-5-,13-11-,19-17-,25-23-,29-28-,32-31-,35-34-. The number of carbonyl (C=O) groups excluding carboxylic acids is 2. The second kappa shape index (κ2) is 57.4. The highest BCUT2D eigenvalue weighted by Crippen LogP contribution is 2.17. The molecule has 0 aromatic carbocycles. The van der Waals surface area contributed by atoms with Gasteiger partial charge in [0.1, 0.15) is 6.61 Å². The lowest BCUT2D eigenvalue weighted by molar-refractivity contribution is -0.161. The molecule has 1 atom stereocenters. The Morgan fingerprint density at radius 1 is 0.358 bits per heavy atom. The highest BCUT2D eigenvalue weighted by Gasteiger charge is 2.16. The van der Waals surface area contributed by atoms with Crippen LogP contribution < -0.4 is 0 Å². The van der Waals surface area contributed by atoms with Crippen molar-refractivity contribution in [3.8, 4) is 0 Å². The Kier molecular flexibility index (Phi) is 54.9. The third kappa shape index (κ3) is 55.6. The average molecular weight is 934 g/mol. The zero-order chi connectivity index (χ0) is 48.5. The molecule has 0 rings (SSSR count). The van der Waals surface area contributed by atoms with Crippen molar-refractivity contribution in [2.24, 2.45) is 0 Å². The third-order valence-corrected chi connectivity index (χ3v) is 12.5. The molecule has 0 spiro atoms. The van der Waals surface area contributed by atoms with Crippen LogP contribution in [-0.4, -0.2) is 36.4 Å². The maximum Gasteiger partial charge on any atom is 0.306 e. The van der Waals surface area contributed by atoms with E-state index in [1.165, 1.54) is 161 Å². The van der Waals surface area contributed by atoms with Crippen molar-refractivity contribution in [3.05, 3.63) is 85.1 Å². The van der Waals surface area contributed by atoms with E-state index >= 15 is 0 Å². The molecular weight excluding hydrogens is 825 g/mol. The number of hydrogen-bond acceptors (Lipinski definition) is 5. The van der Waals surface area contributed by atoms with Crippen LogP contribution in [0.4, 0.5) is 0 Å². The van der Waals surface area contributed by atoms with E-state index in [4.69, 9.17) is 9.47 Å². The van der Waals surface area contributed by atoms with Crippen LogP contribution in [0.2, 0.25) is 0 Å². The number of unbranched alkanes of at least 4 members (excludes halogenated alkanes) is 30. The van der Waals surface area contributed by atoms with Crippen LogP contribution in [-0.2, 0) is 19.1 Å². The predicted molar refractivity (Wildman–Crippen MR) is 293 cm³/mol. The van der Waals surface area contributed by atoms with Gasteiger partial charge >= 0.3 is 11.9 Å². The van der Waals surface area contributed by atoms with Gasteiger partial charge in [-0.1, -0.05) is 279 Å². The summed E-state index contributed by atoms with van der Waals surface area (Å²) in [6.07, 6.45) is 79.8. The number of allylic oxidation sites excluding steroid dienone is 14. The fourth-order valence-corrected chi connectivity index (χ4v) is 8.18. The van der Waals surface area contributed by atoms with Gasteiger partial charge in [0, 0.05) is 12.8 Å². The summed E-state index contributed by atoms with van der Waals surface area (Å²) >= 11 is 0. The molecule has 0 fully saturated rings. The largest absolute Gasteiger partial charge is 0.462 e. The summed E-state index contributed by atoms with van der Waals surface area (Å²) < 4.78 is 10.7. The molecule has 0 amide bonds. The molecule has 0 aromatic rings. The Balaban J connectivity index is 3.52. The maximum atomic E-state index is 12.3. The van der Waals surface area contributed by atoms with Crippen LogP contribution in [0.25, 0.3) is 0 Å². The van der Waals surface area contributed by atoms with Crippen LogP contribution in [0.5, 0.6) is 0 Å². The molecule has 5 heteroatoms. The van der Waals surface area contributed by atoms with Gasteiger partial charge in [0.15, 0.2) is 6.10 Å². The van der Waals surface area contributed by atoms with Crippen molar-refractivity contribution in [1.82, 2.24) is 0 Å². The average Bonchev–Trinajstić information content (AvgIpc) is 3.33. The molecule has 0 heterocycles. The minimum atomic E-state index is -0.779. The highest BCUT2D eigenvalue weighted by atomic mass is 16.6. The van der Waals surface area contributed by atoms with E-state index in [1.807, 2.05) is 0 Å². The molecule has 1 N–H and O–H groups in total. The van der Waals surface area contributed by atoms with Gasteiger partial charge in [-0.3, -0.25) is 9.59 Å². The minimum absolute atomic E-state index is 0.0685. The van der Waals surface area contributed by atoms with E-state index < -0.39 is 6.10 Å². The van der Waals surface area contributed by atoms with Crippen molar-refractivity contribution in [3.63, 3.8) is 0 Å². The molecule has 5 nitrogen and oxygen atoms in total. The SMILES string of the molecule is CC/C=C\C/C=C\C/C=C\C/C=C\C/C=C\C/C=C\C/C=C\CCCCCCCCCCCC(=O)OC(CO)COC(=O)CCCCCCCCCCCCCCCCCCCCCCCC. The number of rotatable bonds is 52. The summed E-state index contributed by atoms with van der Waals surface area (Å²) in [5.74, 6) is -0.590. The molecule has 0 aliphatic heterocycles. The molecular formula is C62H108O5. The summed E-state index contributed by atoms with van der Waals surface area (Å²) in [5.41, 5.74) is 0. The van der Waals surface area contributed by atoms with Gasteiger partial charge in [-0.2, -0.15) is 0 Å². The van der Waals surface area contributed by atoms with E-state index in [2.05, 4.69) is 98.9 Å². The number of carbonyl (C=O) groups is 2. The van der Waals surface area contributed by atoms with Gasteiger partial charge in [-0.05, 0) is 70.6 Å². The monoisotopic (exact) mass is 933 g/mol. The lowest BCUT2D eigenvalue weighted by Crippen LogP contribution is -2.28. The maximum absolute atomic E-state index is 12.3. The van der Waals surface area contributed by atoms with Crippen LogP contribution in [0.3, 0.4) is 0 Å². The summed E-state index contributed by atoms with van der Waals surface area (Å²) in [5, 5.41) is 9.66. The van der Waals surface area contributed by atoms with Crippen LogP contribution in [0, 0.1) is 0 Å². The quantitative estimate of drug-likeness (QED) is 0.0374. The summed E-state index contributed by atoms with van der Waals surface area (Å²) in [4.78, 5) is 24.5. The van der Waals surface area contributed by atoms with E-state index in [0.29, 0.717) is 12.8 Å². The molecule has 0 saturated carbocycles. The van der Waals surface area contributed by atoms with Crippen LogP contribution >= 0.6 is 0 Å². The molecule has 0 radical (unpaired) electrons. The Morgan fingerprint density at radius 2 is 0.642 bits per heavy atom. The second-order valence-electron chi connectivity index (χ2n) is 19.0. The molecule has 0 bridgehead atoms. The third-order valence-electron chi connectivity index (χ3n) is 12.5. The predicted octanol–water partition coefficient (Wildman–Crippen LogP) is 19.4. The summed E-state index contributed by atoms with van der Waals surface area (Å²) in [6, 6.07) is 0. The van der Waals surface area contributed by atoms with Crippen molar-refractivity contribution in [1.29, 1.82) is 0 Å². The zero-order valence-electron chi connectivity index (χ0n) is 44.1. The van der Waals surface area contributed by atoms with Crippen molar-refractivity contribution in [2.75, 3.05) is 13.2 Å². The summed E-state index contributed by atoms with van der Waals surface area (Å²) in [6.45, 7) is 4.05. The molecule has 0 aliphatic carbocycles. The lowest BCUT2D eigenvalue weighted by Gasteiger charge is -2.15. The molecule has 0 aromatic heterocycles. The molecule has 0 saturated heterocycles. The normalized spacial score (nSPS) is 12.8. The summed E-state index contributed by atoms with van der Waals surface area (Å²) in [7, 11) is 0. The first kappa shape index (κ1) is 64.1. The smallest absolute Gasteiger partial charge is 0.306 e. The fraction of sp³-hybridized carbons (Fsp3) is 0.742. The van der Waals surface area contributed by atoms with E-state index in [1.54, 1.807) is 0 Å². The molecule has 0 aliphatic rings. The van der Waals surface area contributed by atoms with Crippen molar-refractivity contribution < 1.29 is 24.2 Å². The fourth-order valence-electron chi connectivity index (χ4n) is 8.18. The second-order valence-corrected chi connectivity index (χ2v) is 19.0. The first-order chi connectivity index (χ1) is 33.1. The topological polar surface area (TPSA) is 72.8 Å². The molecule has 386 valence electrons. The Hall–Kier alpha value is -2.92. The molecule has 67 heavy (non-hydrogen) atoms. The van der Waals surface area contributed by atoms with Gasteiger partial charge < -0.3 is 14.6 Å². The van der Waals surface area contributed by atoms with Crippen LogP contribution in [0.1, 0.15) is 277 Å². The number of esters is 2. The van der Waals surface area contributed by atoms with Crippen LogP contribution in [0.15, 0.2) is 85.1 Å². The van der Waals surface area contributed by atoms with E-state index in [0.717, 1.165) is 89.9 Å². The van der Waals surface area contributed by atoms with Gasteiger partial charge in [-0.25, -0.2) is 0 Å². The number of hydrogen-bond donors (Lipinski definition) is 1. The number of aliphatic hydroxyl groups excluding tert-OH is 1. The number of aliphatic hydroxyl groups is 1. The number of ether oxygens (including phenoxy) is 2. The van der Waals surface area contributed by atoms with Gasteiger partial charge in [-0.15, -0.1) is 0 Å².